The predicted molar refractivity (Wildman–Crippen MR) is 49.8 cm³/mol. The number of halogens is 1. The van der Waals surface area contributed by atoms with Crippen molar-refractivity contribution in [3.63, 3.8) is 0 Å². The van der Waals surface area contributed by atoms with E-state index in [0.717, 1.165) is 11.3 Å². The van der Waals surface area contributed by atoms with Crippen LogP contribution in [0.5, 0.6) is 0 Å². The number of aryl methyl sites for hydroxylation is 2. The quantitative estimate of drug-likeness (QED) is 0.543. The molecule has 0 bridgehead atoms. The predicted octanol–water partition coefficient (Wildman–Crippen LogP) is 3.17. The minimum absolute atomic E-state index is 0.350. The lowest BCUT2D eigenvalue weighted by Gasteiger charge is -2.00. The van der Waals surface area contributed by atoms with Crippen LogP contribution in [0.25, 0.3) is 0 Å². The van der Waals surface area contributed by atoms with Crippen LogP contribution >= 0.6 is 0 Å². The van der Waals surface area contributed by atoms with Crippen molar-refractivity contribution in [2.45, 2.75) is 34.6 Å². The van der Waals surface area contributed by atoms with Crippen molar-refractivity contribution in [1.29, 1.82) is 0 Å². The Morgan fingerprint density at radius 2 is 1.67 bits per heavy atom. The van der Waals surface area contributed by atoms with Gasteiger partial charge in [-0.1, -0.05) is 13.8 Å². The highest BCUT2D eigenvalue weighted by Crippen LogP contribution is 2.09. The highest BCUT2D eigenvalue weighted by molar-refractivity contribution is 5.24. The van der Waals surface area contributed by atoms with Gasteiger partial charge >= 0.3 is 0 Å². The van der Waals surface area contributed by atoms with Crippen LogP contribution in [0.3, 0.4) is 0 Å². The van der Waals surface area contributed by atoms with Gasteiger partial charge in [-0.15, -0.1) is 0 Å². The van der Waals surface area contributed by atoms with E-state index in [4.69, 9.17) is 0 Å². The van der Waals surface area contributed by atoms with Gasteiger partial charge in [0.15, 0.2) is 0 Å². The van der Waals surface area contributed by atoms with Gasteiger partial charge in [0.25, 0.3) is 0 Å². The summed E-state index contributed by atoms with van der Waals surface area (Å²) in [6.45, 7) is 9.40. The number of pyridine rings is 1. The van der Waals surface area contributed by atoms with E-state index in [1.54, 1.807) is 13.8 Å². The van der Waals surface area contributed by atoms with Gasteiger partial charge in [-0.2, -0.15) is 4.39 Å². The summed E-state index contributed by atoms with van der Waals surface area (Å²) in [5.74, 6) is -0.350. The second-order valence-corrected chi connectivity index (χ2v) is 2.50. The molecule has 1 aromatic rings. The molecule has 0 aliphatic rings. The molecule has 0 N–H and O–H groups in total. The molecule has 1 heterocycles. The zero-order valence-electron chi connectivity index (χ0n) is 8.40. The lowest BCUT2D eigenvalue weighted by Crippen LogP contribution is -1.93. The average Bonchev–Trinajstić information content (AvgIpc) is 2.04. The standard InChI is InChI=1S/C8H10FN.C2H6/c1-5-4-6(2)10-8(9)7(5)3;1-2/h4H,1-3H3;1-2H3. The molecular weight excluding hydrogens is 153 g/mol. The van der Waals surface area contributed by atoms with Crippen LogP contribution in [-0.4, -0.2) is 4.98 Å². The molecule has 0 amide bonds. The molecule has 0 aromatic carbocycles. The Bertz CT molecular complexity index is 233. The van der Waals surface area contributed by atoms with Crippen LogP contribution in [0.2, 0.25) is 0 Å². The molecule has 0 saturated heterocycles. The molecule has 0 unspecified atom stereocenters. The fourth-order valence-electron chi connectivity index (χ4n) is 0.855. The molecule has 0 saturated carbocycles. The summed E-state index contributed by atoms with van der Waals surface area (Å²) >= 11 is 0. The third-order valence-electron chi connectivity index (χ3n) is 1.60. The Kier molecular flexibility index (Phi) is 4.49. The van der Waals surface area contributed by atoms with Crippen LogP contribution in [0, 0.1) is 26.7 Å². The topological polar surface area (TPSA) is 12.9 Å². The van der Waals surface area contributed by atoms with E-state index in [0.29, 0.717) is 5.56 Å². The lowest BCUT2D eigenvalue weighted by atomic mass is 10.1. The molecule has 1 nitrogen and oxygen atoms in total. The Labute approximate surface area is 73.6 Å². The van der Waals surface area contributed by atoms with Crippen molar-refractivity contribution >= 4 is 0 Å². The molecule has 2 heteroatoms. The van der Waals surface area contributed by atoms with Crippen molar-refractivity contribution in [1.82, 2.24) is 4.98 Å². The van der Waals surface area contributed by atoms with Crippen molar-refractivity contribution < 1.29 is 4.39 Å². The molecule has 12 heavy (non-hydrogen) atoms. The highest BCUT2D eigenvalue weighted by atomic mass is 19.1. The van der Waals surface area contributed by atoms with E-state index < -0.39 is 0 Å². The first-order chi connectivity index (χ1) is 5.61. The number of rotatable bonds is 0. The first-order valence-corrected chi connectivity index (χ1v) is 4.21. The number of hydrogen-bond acceptors (Lipinski definition) is 1. The Morgan fingerprint density at radius 1 is 1.17 bits per heavy atom. The van der Waals surface area contributed by atoms with Crippen LogP contribution < -0.4 is 0 Å². The van der Waals surface area contributed by atoms with Gasteiger partial charge in [0, 0.05) is 11.3 Å². The maximum Gasteiger partial charge on any atom is 0.216 e. The minimum Gasteiger partial charge on any atom is -0.225 e. The van der Waals surface area contributed by atoms with Gasteiger partial charge in [0.05, 0.1) is 0 Å². The van der Waals surface area contributed by atoms with Gasteiger partial charge in [0.2, 0.25) is 5.95 Å². The summed E-state index contributed by atoms with van der Waals surface area (Å²) in [5, 5.41) is 0. The number of nitrogens with zero attached hydrogens (tertiary/aromatic N) is 1. The van der Waals surface area contributed by atoms with E-state index in [2.05, 4.69) is 4.98 Å². The summed E-state index contributed by atoms with van der Waals surface area (Å²) in [4.78, 5) is 3.67. The zero-order chi connectivity index (χ0) is 9.72. The largest absolute Gasteiger partial charge is 0.225 e. The normalized spacial score (nSPS) is 8.83. The van der Waals surface area contributed by atoms with E-state index in [-0.39, 0.29) is 5.95 Å². The average molecular weight is 169 g/mol. The maximum atomic E-state index is 12.7. The molecule has 0 fully saturated rings. The Hall–Kier alpha value is -0.920. The van der Waals surface area contributed by atoms with Crippen LogP contribution in [-0.2, 0) is 0 Å². The third kappa shape index (κ3) is 2.61. The monoisotopic (exact) mass is 169 g/mol. The highest BCUT2D eigenvalue weighted by Gasteiger charge is 2.01. The van der Waals surface area contributed by atoms with Crippen LogP contribution in [0.1, 0.15) is 30.7 Å². The molecular formula is C10H16FN. The fraction of sp³-hybridized carbons (Fsp3) is 0.500. The van der Waals surface area contributed by atoms with Crippen molar-refractivity contribution in [2.75, 3.05) is 0 Å². The SMILES string of the molecule is CC.Cc1cc(C)c(C)c(F)n1. The van der Waals surface area contributed by atoms with Gasteiger partial charge in [-0.25, -0.2) is 4.98 Å². The smallest absolute Gasteiger partial charge is 0.216 e. The van der Waals surface area contributed by atoms with Crippen molar-refractivity contribution in [3.8, 4) is 0 Å². The molecule has 68 valence electrons. The molecule has 0 spiro atoms. The van der Waals surface area contributed by atoms with Gasteiger partial charge < -0.3 is 0 Å². The molecule has 0 aliphatic carbocycles. The van der Waals surface area contributed by atoms with Crippen molar-refractivity contribution in [2.24, 2.45) is 0 Å². The second kappa shape index (κ2) is 4.86. The Balaban J connectivity index is 0.000000561. The zero-order valence-corrected chi connectivity index (χ0v) is 8.40. The van der Waals surface area contributed by atoms with E-state index in [1.807, 2.05) is 26.8 Å². The van der Waals surface area contributed by atoms with Gasteiger partial charge in [0.1, 0.15) is 0 Å². The fourth-order valence-corrected chi connectivity index (χ4v) is 0.855. The molecule has 0 aliphatic heterocycles. The summed E-state index contributed by atoms with van der Waals surface area (Å²) in [7, 11) is 0. The van der Waals surface area contributed by atoms with E-state index in [9.17, 15) is 4.39 Å². The Morgan fingerprint density at radius 3 is 2.08 bits per heavy atom. The summed E-state index contributed by atoms with van der Waals surface area (Å²) in [5.41, 5.74) is 2.34. The number of hydrogen-bond donors (Lipinski definition) is 0. The first-order valence-electron chi connectivity index (χ1n) is 4.21. The first kappa shape index (κ1) is 11.1. The van der Waals surface area contributed by atoms with Crippen molar-refractivity contribution in [3.05, 3.63) is 28.8 Å². The third-order valence-corrected chi connectivity index (χ3v) is 1.60. The van der Waals surface area contributed by atoms with Gasteiger partial charge in [-0.3, -0.25) is 0 Å². The molecule has 0 radical (unpaired) electrons. The maximum absolute atomic E-state index is 12.7. The summed E-state index contributed by atoms with van der Waals surface area (Å²) < 4.78 is 12.7. The van der Waals surface area contributed by atoms with Gasteiger partial charge in [-0.05, 0) is 32.4 Å². The van der Waals surface area contributed by atoms with Crippen LogP contribution in [0.4, 0.5) is 4.39 Å². The minimum atomic E-state index is -0.350. The number of aromatic nitrogens is 1. The summed E-state index contributed by atoms with van der Waals surface area (Å²) in [6, 6.07) is 1.87. The van der Waals surface area contributed by atoms with Crippen LogP contribution in [0.15, 0.2) is 6.07 Å². The van der Waals surface area contributed by atoms with E-state index >= 15 is 0 Å². The molecule has 1 aromatic heterocycles. The second-order valence-electron chi connectivity index (χ2n) is 2.50. The summed E-state index contributed by atoms with van der Waals surface area (Å²) in [6.07, 6.45) is 0. The molecule has 0 atom stereocenters. The lowest BCUT2D eigenvalue weighted by molar-refractivity contribution is 0.569. The molecule has 1 rings (SSSR count). The van der Waals surface area contributed by atoms with E-state index in [1.165, 1.54) is 0 Å².